The highest BCUT2D eigenvalue weighted by atomic mass is 16.4. The first-order valence-electron chi connectivity index (χ1n) is 8.96. The van der Waals surface area contributed by atoms with E-state index in [9.17, 15) is 9.59 Å². The predicted octanol–water partition coefficient (Wildman–Crippen LogP) is 2.37. The van der Waals surface area contributed by atoms with Gasteiger partial charge in [-0.05, 0) is 31.7 Å². The lowest BCUT2D eigenvalue weighted by Crippen LogP contribution is -2.58. The highest BCUT2D eigenvalue weighted by molar-refractivity contribution is 6.06. The smallest absolute Gasteiger partial charge is 0.317 e. The first-order valence-corrected chi connectivity index (χ1v) is 8.96. The Kier molecular flexibility index (Phi) is 4.21. The van der Waals surface area contributed by atoms with Crippen molar-refractivity contribution in [3.8, 4) is 0 Å². The van der Waals surface area contributed by atoms with Crippen LogP contribution in [-0.2, 0) is 4.79 Å². The van der Waals surface area contributed by atoms with Crippen LogP contribution in [0.15, 0.2) is 30.5 Å². The Hall–Kier alpha value is -2.34. The van der Waals surface area contributed by atoms with E-state index in [2.05, 4.69) is 15.2 Å². The van der Waals surface area contributed by atoms with Gasteiger partial charge in [0, 0.05) is 35.2 Å². The number of amides is 1. The number of H-pyrrole nitrogens is 1. The number of benzene rings is 1. The normalized spacial score (nSPS) is 26.5. The number of carbonyl (C=O) groups is 2. The molecule has 2 saturated heterocycles. The minimum Gasteiger partial charge on any atom is -0.480 e. The van der Waals surface area contributed by atoms with Crippen molar-refractivity contribution >= 4 is 22.8 Å². The van der Waals surface area contributed by atoms with E-state index in [0.717, 1.165) is 43.0 Å². The summed E-state index contributed by atoms with van der Waals surface area (Å²) in [5.74, 6) is -0.814. The number of aromatic nitrogens is 1. The molecule has 6 nitrogen and oxygen atoms in total. The standard InChI is InChI=1S/C19H23N3O3/c23-18(24)11-22-13-4-3-5-14(22)9-12(8-13)21-19(25)16-10-20-17-7-2-1-6-15(16)17/h1-2,6-7,10,12-14,20H,3-5,8-9,11H2,(H,21,25)(H,23,24)/t12?,13-,14+. The lowest BCUT2D eigenvalue weighted by molar-refractivity contribution is -0.141. The molecule has 1 aromatic carbocycles. The zero-order valence-electron chi connectivity index (χ0n) is 14.1. The van der Waals surface area contributed by atoms with E-state index in [-0.39, 0.29) is 30.6 Å². The fourth-order valence-corrected chi connectivity index (χ4v) is 4.53. The quantitative estimate of drug-likeness (QED) is 0.797. The average Bonchev–Trinajstić information content (AvgIpc) is 2.99. The molecular weight excluding hydrogens is 318 g/mol. The second-order valence-electron chi connectivity index (χ2n) is 7.19. The van der Waals surface area contributed by atoms with Crippen molar-refractivity contribution in [1.82, 2.24) is 15.2 Å². The Morgan fingerprint density at radius 2 is 1.92 bits per heavy atom. The molecule has 0 saturated carbocycles. The molecule has 2 bridgehead atoms. The minimum absolute atomic E-state index is 0.0489. The molecule has 3 N–H and O–H groups in total. The fourth-order valence-electron chi connectivity index (χ4n) is 4.53. The molecule has 1 aromatic heterocycles. The van der Waals surface area contributed by atoms with Crippen molar-refractivity contribution in [3.05, 3.63) is 36.0 Å². The van der Waals surface area contributed by atoms with Crippen LogP contribution in [0.2, 0.25) is 0 Å². The van der Waals surface area contributed by atoms with Gasteiger partial charge in [-0.15, -0.1) is 0 Å². The SMILES string of the molecule is O=C(O)CN1[C@@H]2CCC[C@H]1CC(NC(=O)c1c[nH]c3ccccc13)C2. The third-order valence-electron chi connectivity index (χ3n) is 5.61. The summed E-state index contributed by atoms with van der Waals surface area (Å²) >= 11 is 0. The number of aromatic amines is 1. The number of para-hydroxylation sites is 1. The van der Waals surface area contributed by atoms with Crippen molar-refractivity contribution < 1.29 is 14.7 Å². The number of piperidine rings is 2. The summed E-state index contributed by atoms with van der Waals surface area (Å²) in [6, 6.07) is 8.42. The van der Waals surface area contributed by atoms with Crippen LogP contribution < -0.4 is 5.32 Å². The van der Waals surface area contributed by atoms with E-state index in [4.69, 9.17) is 5.11 Å². The lowest BCUT2D eigenvalue weighted by Gasteiger charge is -2.48. The van der Waals surface area contributed by atoms with Crippen LogP contribution in [0.5, 0.6) is 0 Å². The number of carboxylic acid groups (broad SMARTS) is 1. The van der Waals surface area contributed by atoms with Crippen molar-refractivity contribution in [2.45, 2.75) is 50.2 Å². The molecule has 3 heterocycles. The van der Waals surface area contributed by atoms with Gasteiger partial charge < -0.3 is 15.4 Å². The molecule has 0 spiro atoms. The summed E-state index contributed by atoms with van der Waals surface area (Å²) in [7, 11) is 0. The largest absolute Gasteiger partial charge is 0.480 e. The maximum Gasteiger partial charge on any atom is 0.317 e. The summed E-state index contributed by atoms with van der Waals surface area (Å²) in [5, 5.41) is 13.3. The molecule has 4 rings (SSSR count). The molecule has 6 heteroatoms. The molecule has 2 aromatic rings. The van der Waals surface area contributed by atoms with Crippen LogP contribution in [0, 0.1) is 0 Å². The van der Waals surface area contributed by atoms with E-state index in [1.165, 1.54) is 0 Å². The van der Waals surface area contributed by atoms with Crippen molar-refractivity contribution in [2.24, 2.45) is 0 Å². The summed E-state index contributed by atoms with van der Waals surface area (Å²) in [5.41, 5.74) is 1.63. The molecule has 1 unspecified atom stereocenters. The number of hydrogen-bond donors (Lipinski definition) is 3. The number of fused-ring (bicyclic) bond motifs is 3. The van der Waals surface area contributed by atoms with Gasteiger partial charge >= 0.3 is 5.97 Å². The summed E-state index contributed by atoms with van der Waals surface area (Å²) in [6.07, 6.45) is 6.61. The van der Waals surface area contributed by atoms with Gasteiger partial charge in [-0.25, -0.2) is 0 Å². The molecule has 3 atom stereocenters. The number of rotatable bonds is 4. The van der Waals surface area contributed by atoms with Crippen molar-refractivity contribution in [1.29, 1.82) is 0 Å². The van der Waals surface area contributed by atoms with Gasteiger partial charge in [-0.3, -0.25) is 14.5 Å². The topological polar surface area (TPSA) is 85.4 Å². The Morgan fingerprint density at radius 3 is 2.64 bits per heavy atom. The number of nitrogens with zero attached hydrogens (tertiary/aromatic N) is 1. The Morgan fingerprint density at radius 1 is 1.20 bits per heavy atom. The van der Waals surface area contributed by atoms with Crippen LogP contribution in [0.3, 0.4) is 0 Å². The number of aliphatic carboxylic acids is 1. The number of hydrogen-bond acceptors (Lipinski definition) is 3. The Labute approximate surface area is 146 Å². The maximum atomic E-state index is 12.7. The van der Waals surface area contributed by atoms with E-state index in [0.29, 0.717) is 5.56 Å². The first kappa shape index (κ1) is 16.1. The Balaban J connectivity index is 1.47. The van der Waals surface area contributed by atoms with Gasteiger partial charge in [0.1, 0.15) is 0 Å². The maximum absolute atomic E-state index is 12.7. The third kappa shape index (κ3) is 3.14. The first-order chi connectivity index (χ1) is 12.1. The highest BCUT2D eigenvalue weighted by Gasteiger charge is 2.39. The molecule has 0 radical (unpaired) electrons. The number of carbonyl (C=O) groups excluding carboxylic acids is 1. The van der Waals surface area contributed by atoms with Crippen LogP contribution in [0.25, 0.3) is 10.9 Å². The molecule has 132 valence electrons. The van der Waals surface area contributed by atoms with Crippen molar-refractivity contribution in [3.63, 3.8) is 0 Å². The zero-order valence-corrected chi connectivity index (χ0v) is 14.1. The predicted molar refractivity (Wildman–Crippen MR) is 94.6 cm³/mol. The second-order valence-corrected chi connectivity index (χ2v) is 7.19. The summed E-state index contributed by atoms with van der Waals surface area (Å²) < 4.78 is 0. The van der Waals surface area contributed by atoms with Gasteiger partial charge in [-0.2, -0.15) is 0 Å². The molecular formula is C19H23N3O3. The van der Waals surface area contributed by atoms with Gasteiger partial charge in [0.2, 0.25) is 0 Å². The van der Waals surface area contributed by atoms with Gasteiger partial charge in [0.15, 0.2) is 0 Å². The van der Waals surface area contributed by atoms with Gasteiger partial charge in [0.05, 0.1) is 12.1 Å². The molecule has 25 heavy (non-hydrogen) atoms. The number of carboxylic acids is 1. The minimum atomic E-state index is -0.766. The molecule has 2 aliphatic rings. The van der Waals surface area contributed by atoms with Gasteiger partial charge in [0.25, 0.3) is 5.91 Å². The average molecular weight is 341 g/mol. The van der Waals surface area contributed by atoms with Crippen LogP contribution in [0.4, 0.5) is 0 Å². The van der Waals surface area contributed by atoms with Crippen LogP contribution in [-0.4, -0.2) is 51.5 Å². The Bertz CT molecular complexity index is 786. The summed E-state index contributed by atoms with van der Waals surface area (Å²) in [6.45, 7) is 0.110. The monoisotopic (exact) mass is 341 g/mol. The molecule has 2 fully saturated rings. The van der Waals surface area contributed by atoms with Gasteiger partial charge in [-0.1, -0.05) is 24.6 Å². The van der Waals surface area contributed by atoms with E-state index in [1.54, 1.807) is 6.20 Å². The van der Waals surface area contributed by atoms with E-state index < -0.39 is 5.97 Å². The summed E-state index contributed by atoms with van der Waals surface area (Å²) in [4.78, 5) is 29.1. The van der Waals surface area contributed by atoms with Crippen molar-refractivity contribution in [2.75, 3.05) is 6.54 Å². The van der Waals surface area contributed by atoms with Crippen LogP contribution in [0.1, 0.15) is 42.5 Å². The fraction of sp³-hybridized carbons (Fsp3) is 0.474. The van der Waals surface area contributed by atoms with E-state index in [1.807, 2.05) is 24.3 Å². The third-order valence-corrected chi connectivity index (χ3v) is 5.61. The molecule has 1 amide bonds. The second kappa shape index (κ2) is 6.52. The molecule has 2 aliphatic heterocycles. The highest BCUT2D eigenvalue weighted by Crippen LogP contribution is 2.34. The lowest BCUT2D eigenvalue weighted by atomic mass is 9.81. The van der Waals surface area contributed by atoms with E-state index >= 15 is 0 Å². The molecule has 0 aliphatic carbocycles. The van der Waals surface area contributed by atoms with Crippen LogP contribution >= 0.6 is 0 Å². The number of nitrogens with one attached hydrogen (secondary N) is 2. The zero-order chi connectivity index (χ0) is 17.4.